The van der Waals surface area contributed by atoms with E-state index in [4.69, 9.17) is 17.0 Å². The van der Waals surface area contributed by atoms with Gasteiger partial charge in [0.15, 0.2) is 0 Å². The lowest BCUT2D eigenvalue weighted by atomic mass is 9.97. The lowest BCUT2D eigenvalue weighted by molar-refractivity contribution is -0.149. The highest BCUT2D eigenvalue weighted by Crippen LogP contribution is 2.20. The number of hydrogen-bond donors (Lipinski definition) is 0. The van der Waals surface area contributed by atoms with Crippen LogP contribution in [0.15, 0.2) is 41.7 Å². The van der Waals surface area contributed by atoms with Crippen molar-refractivity contribution in [2.75, 3.05) is 19.7 Å². The van der Waals surface area contributed by atoms with E-state index in [2.05, 4.69) is 16.6 Å². The van der Waals surface area contributed by atoms with Crippen molar-refractivity contribution >= 4 is 34.9 Å². The van der Waals surface area contributed by atoms with Crippen molar-refractivity contribution in [2.24, 2.45) is 5.92 Å². The lowest BCUT2D eigenvalue weighted by Gasteiger charge is -2.30. The van der Waals surface area contributed by atoms with Crippen molar-refractivity contribution in [1.29, 1.82) is 0 Å². The van der Waals surface area contributed by atoms with Gasteiger partial charge in [0.1, 0.15) is 0 Å². The van der Waals surface area contributed by atoms with Crippen LogP contribution in [-0.2, 0) is 22.7 Å². The van der Waals surface area contributed by atoms with Crippen molar-refractivity contribution in [3.05, 3.63) is 52.0 Å². The number of carbonyl (C=O) groups excluding carboxylic acids is 1. The van der Waals surface area contributed by atoms with Gasteiger partial charge in [-0.1, -0.05) is 18.2 Å². The second kappa shape index (κ2) is 8.53. The molecule has 3 heterocycles. The maximum absolute atomic E-state index is 13.0. The normalized spacial score (nSPS) is 15.6. The summed E-state index contributed by atoms with van der Waals surface area (Å²) < 4.78 is 10.9. The van der Waals surface area contributed by atoms with Gasteiger partial charge in [0, 0.05) is 19.6 Å². The molecule has 0 bridgehead atoms. The Balaban J connectivity index is 1.68. The van der Waals surface area contributed by atoms with Crippen LogP contribution in [0.25, 0.3) is 16.7 Å². The third-order valence-corrected chi connectivity index (χ3v) is 5.93. The first-order chi connectivity index (χ1) is 14.5. The quantitative estimate of drug-likeness (QED) is 0.342. The van der Waals surface area contributed by atoms with Gasteiger partial charge in [-0.15, -0.1) is 11.7 Å². The van der Waals surface area contributed by atoms with E-state index in [0.717, 1.165) is 31.4 Å². The second-order valence-corrected chi connectivity index (χ2v) is 7.79. The van der Waals surface area contributed by atoms with E-state index in [0.29, 0.717) is 35.8 Å². The van der Waals surface area contributed by atoms with Crippen molar-refractivity contribution in [3.8, 4) is 0 Å². The summed E-state index contributed by atoms with van der Waals surface area (Å²) in [5.74, 6) is 0.350. The molecule has 0 radical (unpaired) electrons. The monoisotopic (exact) mass is 427 g/mol. The summed E-state index contributed by atoms with van der Waals surface area (Å²) in [6.07, 6.45) is 3.19. The molecule has 1 aromatic carbocycles. The lowest BCUT2D eigenvalue weighted by Crippen LogP contribution is -2.38. The molecule has 1 fully saturated rings. The fourth-order valence-electron chi connectivity index (χ4n) is 4.01. The molecular weight excluding hydrogens is 402 g/mol. The first-order valence-electron chi connectivity index (χ1n) is 10.2. The number of likely N-dealkylation sites (tertiary alicyclic amines) is 1. The number of hydrogen-bond acceptors (Lipinski definition) is 6. The Bertz CT molecular complexity index is 1220. The largest absolute Gasteiger partial charge is 0.466 e. The standard InChI is InChI=1S/C21H25N5O3S/c1-3-11-24-18(27)16-7-5-6-8-17(16)26-20(24)22-25(21(26)30)14-23-12-9-15(10-13-23)19(28)29-4-2/h3,5-8,15H,1,4,9-14H2,2H3. The van der Waals surface area contributed by atoms with E-state index < -0.39 is 0 Å². The predicted octanol–water partition coefficient (Wildman–Crippen LogP) is 2.60. The van der Waals surface area contributed by atoms with Crippen LogP contribution in [-0.4, -0.2) is 49.3 Å². The van der Waals surface area contributed by atoms with Crippen LogP contribution in [0.1, 0.15) is 19.8 Å². The van der Waals surface area contributed by atoms with Crippen molar-refractivity contribution in [1.82, 2.24) is 23.6 Å². The number of benzene rings is 1. The Labute approximate surface area is 179 Å². The zero-order valence-electron chi connectivity index (χ0n) is 17.0. The molecule has 2 aromatic heterocycles. The van der Waals surface area contributed by atoms with Gasteiger partial charge in [-0.25, -0.2) is 4.68 Å². The van der Waals surface area contributed by atoms with Gasteiger partial charge < -0.3 is 4.74 Å². The van der Waals surface area contributed by atoms with Gasteiger partial charge in [-0.2, -0.15) is 0 Å². The number of piperidine rings is 1. The molecule has 0 amide bonds. The minimum absolute atomic E-state index is 0.0445. The van der Waals surface area contributed by atoms with Gasteiger partial charge in [0.2, 0.25) is 10.5 Å². The minimum Gasteiger partial charge on any atom is -0.466 e. The van der Waals surface area contributed by atoms with Crippen LogP contribution in [0, 0.1) is 10.7 Å². The number of nitrogens with zero attached hydrogens (tertiary/aromatic N) is 5. The molecule has 0 atom stereocenters. The van der Waals surface area contributed by atoms with Crippen LogP contribution in [0.4, 0.5) is 0 Å². The van der Waals surface area contributed by atoms with E-state index in [1.807, 2.05) is 29.5 Å². The van der Waals surface area contributed by atoms with E-state index in [-0.39, 0.29) is 17.4 Å². The molecule has 1 aliphatic rings. The number of aromatic nitrogens is 4. The van der Waals surface area contributed by atoms with Crippen LogP contribution in [0.5, 0.6) is 0 Å². The number of para-hydroxylation sites is 1. The topological polar surface area (TPSA) is 73.8 Å². The molecule has 9 heteroatoms. The Morgan fingerprint density at radius 2 is 2.07 bits per heavy atom. The third kappa shape index (κ3) is 3.59. The molecule has 4 rings (SSSR count). The Hall–Kier alpha value is -2.78. The zero-order valence-corrected chi connectivity index (χ0v) is 17.8. The molecule has 1 aliphatic heterocycles. The summed E-state index contributed by atoms with van der Waals surface area (Å²) in [6.45, 7) is 8.39. The number of rotatable bonds is 6. The molecule has 0 saturated carbocycles. The fraction of sp³-hybridized carbons (Fsp3) is 0.429. The molecular formula is C21H25N5O3S. The third-order valence-electron chi connectivity index (χ3n) is 5.54. The van der Waals surface area contributed by atoms with Crippen molar-refractivity contribution < 1.29 is 9.53 Å². The number of fused-ring (bicyclic) bond motifs is 3. The Kier molecular flexibility index (Phi) is 5.83. The SMILES string of the molecule is C=CCn1c(=O)c2ccccc2n2c(=S)n(CN3CCC(C(=O)OCC)CC3)nc12. The van der Waals surface area contributed by atoms with E-state index in [1.165, 1.54) is 0 Å². The molecule has 30 heavy (non-hydrogen) atoms. The van der Waals surface area contributed by atoms with Gasteiger partial charge in [-0.3, -0.25) is 23.5 Å². The van der Waals surface area contributed by atoms with E-state index in [1.54, 1.807) is 21.4 Å². The smallest absolute Gasteiger partial charge is 0.309 e. The first kappa shape index (κ1) is 20.5. The first-order valence-corrected chi connectivity index (χ1v) is 10.6. The summed E-state index contributed by atoms with van der Waals surface area (Å²) >= 11 is 5.73. The summed E-state index contributed by atoms with van der Waals surface area (Å²) in [6, 6.07) is 7.42. The molecule has 0 N–H and O–H groups in total. The van der Waals surface area contributed by atoms with Gasteiger partial charge >= 0.3 is 5.97 Å². The highest BCUT2D eigenvalue weighted by atomic mass is 32.1. The van der Waals surface area contributed by atoms with Crippen molar-refractivity contribution in [3.63, 3.8) is 0 Å². The average Bonchev–Trinajstić information content (AvgIpc) is 3.08. The number of esters is 1. The number of ether oxygens (including phenoxy) is 1. The summed E-state index contributed by atoms with van der Waals surface area (Å²) in [5, 5.41) is 5.27. The van der Waals surface area contributed by atoms with Crippen LogP contribution < -0.4 is 5.56 Å². The molecule has 158 valence electrons. The van der Waals surface area contributed by atoms with Crippen LogP contribution in [0.2, 0.25) is 0 Å². The van der Waals surface area contributed by atoms with Gasteiger partial charge in [0.05, 0.1) is 30.1 Å². The molecule has 0 aliphatic carbocycles. The summed E-state index contributed by atoms with van der Waals surface area (Å²) in [7, 11) is 0. The molecule has 0 spiro atoms. The highest BCUT2D eigenvalue weighted by Gasteiger charge is 2.26. The number of carbonyl (C=O) groups is 1. The number of allylic oxidation sites excluding steroid dienone is 1. The fourth-order valence-corrected chi connectivity index (χ4v) is 4.29. The Morgan fingerprint density at radius 3 is 2.77 bits per heavy atom. The van der Waals surface area contributed by atoms with E-state index >= 15 is 0 Å². The zero-order chi connectivity index (χ0) is 21.3. The molecule has 0 unspecified atom stereocenters. The highest BCUT2D eigenvalue weighted by molar-refractivity contribution is 7.71. The van der Waals surface area contributed by atoms with Gasteiger partial charge in [0.25, 0.3) is 5.56 Å². The average molecular weight is 428 g/mol. The van der Waals surface area contributed by atoms with Gasteiger partial charge in [-0.05, 0) is 44.1 Å². The summed E-state index contributed by atoms with van der Waals surface area (Å²) in [4.78, 5) is 27.2. The molecule has 3 aromatic rings. The van der Waals surface area contributed by atoms with Crippen molar-refractivity contribution in [2.45, 2.75) is 33.0 Å². The maximum atomic E-state index is 13.0. The van der Waals surface area contributed by atoms with E-state index in [9.17, 15) is 9.59 Å². The predicted molar refractivity (Wildman–Crippen MR) is 117 cm³/mol. The minimum atomic E-state index is -0.111. The van der Waals surface area contributed by atoms with Crippen LogP contribution >= 0.6 is 12.2 Å². The molecule has 8 nitrogen and oxygen atoms in total. The van der Waals surface area contributed by atoms with Crippen LogP contribution in [0.3, 0.4) is 0 Å². The Morgan fingerprint density at radius 1 is 1.33 bits per heavy atom. The second-order valence-electron chi connectivity index (χ2n) is 7.42. The summed E-state index contributed by atoms with van der Waals surface area (Å²) in [5.41, 5.74) is 0.635. The maximum Gasteiger partial charge on any atom is 0.309 e. The molecule has 1 saturated heterocycles.